The van der Waals surface area contributed by atoms with Crippen LogP contribution in [0.25, 0.3) is 0 Å². The van der Waals surface area contributed by atoms with Crippen molar-refractivity contribution in [1.82, 2.24) is 9.55 Å². The number of hydrogen-bond donors (Lipinski definition) is 1. The van der Waals surface area contributed by atoms with Crippen molar-refractivity contribution < 1.29 is 9.53 Å². The second kappa shape index (κ2) is 5.63. The molecule has 1 atom stereocenters. The molecule has 0 aliphatic heterocycles. The first-order valence-electron chi connectivity index (χ1n) is 6.77. The molecule has 0 radical (unpaired) electrons. The molecular formula is C14H25N3O2. The number of carbonyl (C=O) groups excluding carboxylic acids is 1. The number of carbonyl (C=O) groups is 1. The van der Waals surface area contributed by atoms with Crippen LogP contribution in [0, 0.1) is 5.41 Å². The van der Waals surface area contributed by atoms with E-state index in [2.05, 4.69) is 32.7 Å². The molecule has 0 saturated heterocycles. The van der Waals surface area contributed by atoms with Gasteiger partial charge < -0.3 is 15.0 Å². The van der Waals surface area contributed by atoms with Crippen molar-refractivity contribution >= 4 is 11.8 Å². The predicted molar refractivity (Wildman–Crippen MR) is 76.1 cm³/mol. The second-order valence-corrected chi connectivity index (χ2v) is 5.75. The SMILES string of the molecule is CCOC(=O)c1nc(CC)n(C(C)C(C)(C)C)c1N. The number of nitrogen functional groups attached to an aromatic ring is 1. The summed E-state index contributed by atoms with van der Waals surface area (Å²) in [5.41, 5.74) is 6.37. The molecule has 0 aliphatic rings. The van der Waals surface area contributed by atoms with Gasteiger partial charge in [0.15, 0.2) is 5.69 Å². The van der Waals surface area contributed by atoms with Crippen molar-refractivity contribution in [1.29, 1.82) is 0 Å². The molecule has 0 aliphatic carbocycles. The highest BCUT2D eigenvalue weighted by molar-refractivity contribution is 5.92. The van der Waals surface area contributed by atoms with E-state index in [-0.39, 0.29) is 17.2 Å². The number of imidazole rings is 1. The zero-order valence-electron chi connectivity index (χ0n) is 12.8. The Morgan fingerprint density at radius 3 is 2.42 bits per heavy atom. The quantitative estimate of drug-likeness (QED) is 0.852. The standard InChI is InChI=1S/C14H25N3O2/c1-7-10-16-11(13(18)19-8-2)12(15)17(10)9(3)14(4,5)6/h9H,7-8,15H2,1-6H3. The molecule has 5 nitrogen and oxygen atoms in total. The van der Waals surface area contributed by atoms with E-state index in [1.54, 1.807) is 6.92 Å². The molecule has 1 aromatic heterocycles. The molecule has 19 heavy (non-hydrogen) atoms. The maximum Gasteiger partial charge on any atom is 0.360 e. The molecule has 0 spiro atoms. The first-order chi connectivity index (χ1) is 8.73. The summed E-state index contributed by atoms with van der Waals surface area (Å²) in [5, 5.41) is 0. The smallest absolute Gasteiger partial charge is 0.360 e. The van der Waals surface area contributed by atoms with Gasteiger partial charge in [0.2, 0.25) is 0 Å². The average Bonchev–Trinajstić information content (AvgIpc) is 2.64. The van der Waals surface area contributed by atoms with Crippen LogP contribution in [0.5, 0.6) is 0 Å². The number of ether oxygens (including phenoxy) is 1. The number of rotatable bonds is 4. The molecular weight excluding hydrogens is 242 g/mol. The number of hydrogen-bond acceptors (Lipinski definition) is 4. The lowest BCUT2D eigenvalue weighted by Gasteiger charge is -2.30. The normalized spacial score (nSPS) is 13.4. The first-order valence-corrected chi connectivity index (χ1v) is 6.77. The topological polar surface area (TPSA) is 70.1 Å². The fraction of sp³-hybridized carbons (Fsp3) is 0.714. The van der Waals surface area contributed by atoms with Crippen molar-refractivity contribution in [3.63, 3.8) is 0 Å². The maximum absolute atomic E-state index is 11.8. The van der Waals surface area contributed by atoms with Crippen molar-refractivity contribution in [2.45, 2.75) is 54.0 Å². The summed E-state index contributed by atoms with van der Waals surface area (Å²) in [7, 11) is 0. The van der Waals surface area contributed by atoms with Crippen LogP contribution in [0.1, 0.15) is 63.9 Å². The summed E-state index contributed by atoms with van der Waals surface area (Å²) in [6.07, 6.45) is 0.726. The van der Waals surface area contributed by atoms with Gasteiger partial charge in [0, 0.05) is 12.5 Å². The van der Waals surface area contributed by atoms with E-state index < -0.39 is 5.97 Å². The number of aromatic nitrogens is 2. The van der Waals surface area contributed by atoms with E-state index in [9.17, 15) is 4.79 Å². The highest BCUT2D eigenvalue weighted by Crippen LogP contribution is 2.34. The summed E-state index contributed by atoms with van der Waals surface area (Å²) in [5.74, 6) is 0.773. The molecule has 1 unspecified atom stereocenters. The van der Waals surface area contributed by atoms with Gasteiger partial charge in [-0.05, 0) is 19.3 Å². The summed E-state index contributed by atoms with van der Waals surface area (Å²) in [6, 6.07) is 0.151. The van der Waals surface area contributed by atoms with Crippen molar-refractivity contribution in [3.05, 3.63) is 11.5 Å². The minimum atomic E-state index is -0.449. The molecule has 0 bridgehead atoms. The average molecular weight is 267 g/mol. The lowest BCUT2D eigenvalue weighted by atomic mass is 9.87. The zero-order chi connectivity index (χ0) is 14.8. The Kier molecular flexibility index (Phi) is 4.61. The molecule has 0 saturated carbocycles. The Bertz CT molecular complexity index is 458. The molecule has 5 heteroatoms. The molecule has 2 N–H and O–H groups in total. The summed E-state index contributed by atoms with van der Waals surface area (Å²) in [4.78, 5) is 16.2. The molecule has 0 aromatic carbocycles. The maximum atomic E-state index is 11.8. The van der Waals surface area contributed by atoms with Gasteiger partial charge in [-0.15, -0.1) is 0 Å². The van der Waals surface area contributed by atoms with E-state index in [1.165, 1.54) is 0 Å². The highest BCUT2D eigenvalue weighted by Gasteiger charge is 2.29. The lowest BCUT2D eigenvalue weighted by molar-refractivity contribution is 0.0521. The monoisotopic (exact) mass is 267 g/mol. The minimum absolute atomic E-state index is 0.0324. The van der Waals surface area contributed by atoms with Crippen LogP contribution in [-0.2, 0) is 11.2 Å². The van der Waals surface area contributed by atoms with E-state index in [0.717, 1.165) is 12.2 Å². The van der Waals surface area contributed by atoms with Crippen LogP contribution in [0.4, 0.5) is 5.82 Å². The van der Waals surface area contributed by atoms with Gasteiger partial charge in [-0.25, -0.2) is 9.78 Å². The van der Waals surface area contributed by atoms with Gasteiger partial charge >= 0.3 is 5.97 Å². The van der Waals surface area contributed by atoms with Gasteiger partial charge in [-0.2, -0.15) is 0 Å². The lowest BCUT2D eigenvalue weighted by Crippen LogP contribution is -2.24. The highest BCUT2D eigenvalue weighted by atomic mass is 16.5. The van der Waals surface area contributed by atoms with Crippen molar-refractivity contribution in [2.24, 2.45) is 5.41 Å². The van der Waals surface area contributed by atoms with Crippen molar-refractivity contribution in [3.8, 4) is 0 Å². The predicted octanol–water partition coefficient (Wildman–Crippen LogP) is 2.81. The van der Waals surface area contributed by atoms with Gasteiger partial charge in [0.25, 0.3) is 0 Å². The minimum Gasteiger partial charge on any atom is -0.461 e. The Morgan fingerprint density at radius 2 is 2.00 bits per heavy atom. The summed E-state index contributed by atoms with van der Waals surface area (Å²) >= 11 is 0. The number of anilines is 1. The fourth-order valence-electron chi connectivity index (χ4n) is 1.91. The second-order valence-electron chi connectivity index (χ2n) is 5.75. The van der Waals surface area contributed by atoms with E-state index in [1.807, 2.05) is 11.5 Å². The van der Waals surface area contributed by atoms with Gasteiger partial charge in [0.05, 0.1) is 6.61 Å². The van der Waals surface area contributed by atoms with Crippen LogP contribution in [0.3, 0.4) is 0 Å². The molecule has 0 amide bonds. The van der Waals surface area contributed by atoms with Gasteiger partial charge in [-0.3, -0.25) is 0 Å². The molecule has 108 valence electrons. The Labute approximate surface area is 115 Å². The summed E-state index contributed by atoms with van der Waals surface area (Å²) < 4.78 is 6.94. The third-order valence-corrected chi connectivity index (χ3v) is 3.45. The first kappa shape index (κ1) is 15.5. The van der Waals surface area contributed by atoms with Crippen LogP contribution < -0.4 is 5.73 Å². The van der Waals surface area contributed by atoms with E-state index in [0.29, 0.717) is 12.4 Å². The van der Waals surface area contributed by atoms with E-state index in [4.69, 9.17) is 10.5 Å². The molecule has 1 heterocycles. The Hall–Kier alpha value is -1.52. The van der Waals surface area contributed by atoms with Gasteiger partial charge in [0.1, 0.15) is 11.6 Å². The molecule has 1 aromatic rings. The van der Waals surface area contributed by atoms with Crippen molar-refractivity contribution in [2.75, 3.05) is 12.3 Å². The molecule has 0 fully saturated rings. The third kappa shape index (κ3) is 3.08. The van der Waals surface area contributed by atoms with Gasteiger partial charge in [-0.1, -0.05) is 27.7 Å². The summed E-state index contributed by atoms with van der Waals surface area (Å²) in [6.45, 7) is 12.6. The zero-order valence-corrected chi connectivity index (χ0v) is 12.8. The van der Waals surface area contributed by atoms with Crippen LogP contribution in [0.15, 0.2) is 0 Å². The largest absolute Gasteiger partial charge is 0.461 e. The van der Waals surface area contributed by atoms with Crippen LogP contribution in [-0.4, -0.2) is 22.1 Å². The number of esters is 1. The third-order valence-electron chi connectivity index (χ3n) is 3.45. The number of nitrogens with zero attached hydrogens (tertiary/aromatic N) is 2. The number of nitrogens with two attached hydrogens (primary N) is 1. The Morgan fingerprint density at radius 1 is 1.42 bits per heavy atom. The van der Waals surface area contributed by atoms with Crippen LogP contribution >= 0.6 is 0 Å². The number of aryl methyl sites for hydroxylation is 1. The molecule has 1 rings (SSSR count). The van der Waals surface area contributed by atoms with Crippen LogP contribution in [0.2, 0.25) is 0 Å². The Balaban J connectivity index is 3.29. The van der Waals surface area contributed by atoms with E-state index >= 15 is 0 Å². The fourth-order valence-corrected chi connectivity index (χ4v) is 1.91.